The lowest BCUT2D eigenvalue weighted by Crippen LogP contribution is -2.38. The molecule has 1 aliphatic carbocycles. The van der Waals surface area contributed by atoms with E-state index in [4.69, 9.17) is 9.47 Å². The van der Waals surface area contributed by atoms with E-state index in [1.807, 2.05) is 13.0 Å². The fraction of sp³-hybridized carbons (Fsp3) is 0.444. The van der Waals surface area contributed by atoms with Gasteiger partial charge in [-0.1, -0.05) is 19.1 Å². The lowest BCUT2D eigenvalue weighted by atomic mass is 9.74. The number of fused-ring (bicyclic) bond motifs is 4. The zero-order valence-corrected chi connectivity index (χ0v) is 20.1. The van der Waals surface area contributed by atoms with E-state index >= 15 is 0 Å². The number of H-pyrrole nitrogens is 1. The SMILES string of the molecule is CCCOC(=O)c1ccc2c(=O)n(CCC3NC[C@H]4c5cccc(OC)c5CC[C@@H]34)c(=O)[nH]c2c1. The molecule has 0 radical (unpaired) electrons. The Hall–Kier alpha value is -3.39. The van der Waals surface area contributed by atoms with Gasteiger partial charge in [0.1, 0.15) is 5.75 Å². The minimum Gasteiger partial charge on any atom is -0.496 e. The first kappa shape index (κ1) is 23.4. The van der Waals surface area contributed by atoms with Gasteiger partial charge in [0.15, 0.2) is 0 Å². The first-order chi connectivity index (χ1) is 17.0. The van der Waals surface area contributed by atoms with E-state index in [-0.39, 0.29) is 11.6 Å². The molecule has 8 nitrogen and oxygen atoms in total. The number of rotatable bonds is 7. The highest BCUT2D eigenvalue weighted by atomic mass is 16.5. The van der Waals surface area contributed by atoms with Crippen LogP contribution in [-0.2, 0) is 17.7 Å². The Balaban J connectivity index is 1.34. The molecule has 8 heteroatoms. The molecule has 3 atom stereocenters. The van der Waals surface area contributed by atoms with Crippen LogP contribution in [0.5, 0.6) is 5.75 Å². The number of carbonyl (C=O) groups is 1. The van der Waals surface area contributed by atoms with Gasteiger partial charge in [-0.05, 0) is 67.0 Å². The van der Waals surface area contributed by atoms with Crippen molar-refractivity contribution in [2.45, 2.75) is 51.1 Å². The van der Waals surface area contributed by atoms with Crippen LogP contribution in [-0.4, -0.2) is 41.8 Å². The summed E-state index contributed by atoms with van der Waals surface area (Å²) >= 11 is 0. The summed E-state index contributed by atoms with van der Waals surface area (Å²) < 4.78 is 12.0. The number of ether oxygens (including phenoxy) is 2. The molecule has 184 valence electrons. The second-order valence-corrected chi connectivity index (χ2v) is 9.42. The second-order valence-electron chi connectivity index (χ2n) is 9.42. The van der Waals surface area contributed by atoms with E-state index in [9.17, 15) is 14.4 Å². The molecule has 1 unspecified atom stereocenters. The van der Waals surface area contributed by atoms with Crippen LogP contribution >= 0.6 is 0 Å². The van der Waals surface area contributed by atoms with Crippen molar-refractivity contribution in [3.8, 4) is 5.75 Å². The van der Waals surface area contributed by atoms with Crippen LogP contribution in [0.1, 0.15) is 53.6 Å². The maximum atomic E-state index is 13.1. The number of hydrogen-bond acceptors (Lipinski definition) is 6. The van der Waals surface area contributed by atoms with Crippen molar-refractivity contribution >= 4 is 16.9 Å². The summed E-state index contributed by atoms with van der Waals surface area (Å²) in [5.74, 6) is 1.37. The molecule has 1 saturated heterocycles. The lowest BCUT2D eigenvalue weighted by molar-refractivity contribution is 0.0505. The second kappa shape index (κ2) is 9.70. The Morgan fingerprint density at radius 3 is 2.86 bits per heavy atom. The van der Waals surface area contributed by atoms with Gasteiger partial charge in [0.05, 0.1) is 30.2 Å². The fourth-order valence-corrected chi connectivity index (χ4v) is 5.75. The van der Waals surface area contributed by atoms with Crippen LogP contribution in [0.4, 0.5) is 0 Å². The van der Waals surface area contributed by atoms with E-state index in [0.29, 0.717) is 47.9 Å². The highest BCUT2D eigenvalue weighted by Crippen LogP contribution is 2.44. The monoisotopic (exact) mass is 477 g/mol. The Bertz CT molecular complexity index is 1380. The molecule has 2 N–H and O–H groups in total. The first-order valence-corrected chi connectivity index (χ1v) is 12.3. The zero-order valence-electron chi connectivity index (χ0n) is 20.1. The summed E-state index contributed by atoms with van der Waals surface area (Å²) in [5, 5.41) is 4.02. The Kier molecular flexibility index (Phi) is 6.47. The van der Waals surface area contributed by atoms with E-state index in [2.05, 4.69) is 22.4 Å². The average molecular weight is 478 g/mol. The lowest BCUT2D eigenvalue weighted by Gasteiger charge is -2.31. The van der Waals surface area contributed by atoms with Gasteiger partial charge in [0.2, 0.25) is 0 Å². The number of methoxy groups -OCH3 is 1. The van der Waals surface area contributed by atoms with Crippen LogP contribution < -0.4 is 21.3 Å². The minimum atomic E-state index is -0.465. The van der Waals surface area contributed by atoms with E-state index < -0.39 is 11.7 Å². The molecule has 2 aromatic carbocycles. The maximum Gasteiger partial charge on any atom is 0.338 e. The van der Waals surface area contributed by atoms with Crippen LogP contribution in [0.2, 0.25) is 0 Å². The van der Waals surface area contributed by atoms with Gasteiger partial charge in [-0.15, -0.1) is 0 Å². The standard InChI is InChI=1S/C27H31N3O5/c1-3-13-35-26(32)16-7-8-20-23(14-16)29-27(33)30(25(20)31)12-11-22-18-9-10-19-17(21(18)15-28-22)5-4-6-24(19)34-2/h4-8,14,18,21-22,28H,3,9-13,15H2,1-2H3,(H,29,33)/t18-,21+,22?/m1/s1. The van der Waals surface area contributed by atoms with Crippen molar-refractivity contribution in [1.82, 2.24) is 14.9 Å². The van der Waals surface area contributed by atoms with Crippen molar-refractivity contribution in [3.05, 3.63) is 73.9 Å². The van der Waals surface area contributed by atoms with E-state index in [0.717, 1.165) is 31.6 Å². The van der Waals surface area contributed by atoms with Crippen molar-refractivity contribution < 1.29 is 14.3 Å². The summed E-state index contributed by atoms with van der Waals surface area (Å²) in [6.45, 7) is 3.45. The number of hydrogen-bond donors (Lipinski definition) is 2. The molecular weight excluding hydrogens is 446 g/mol. The minimum absolute atomic E-state index is 0.233. The maximum absolute atomic E-state index is 13.1. The van der Waals surface area contributed by atoms with Gasteiger partial charge in [0.25, 0.3) is 5.56 Å². The topological polar surface area (TPSA) is 102 Å². The van der Waals surface area contributed by atoms with E-state index in [1.54, 1.807) is 19.2 Å². The Morgan fingerprint density at radius 1 is 1.20 bits per heavy atom. The van der Waals surface area contributed by atoms with Crippen molar-refractivity contribution in [3.63, 3.8) is 0 Å². The molecule has 3 aromatic rings. The van der Waals surface area contributed by atoms with Gasteiger partial charge in [-0.2, -0.15) is 0 Å². The van der Waals surface area contributed by atoms with Crippen LogP contribution in [0.25, 0.3) is 10.9 Å². The number of benzene rings is 2. The molecule has 0 amide bonds. The fourth-order valence-electron chi connectivity index (χ4n) is 5.75. The van der Waals surface area contributed by atoms with Crippen LogP contribution in [0.15, 0.2) is 46.0 Å². The highest BCUT2D eigenvalue weighted by molar-refractivity contribution is 5.94. The normalized spacial score (nSPS) is 20.9. The molecule has 35 heavy (non-hydrogen) atoms. The molecule has 5 rings (SSSR count). The van der Waals surface area contributed by atoms with E-state index in [1.165, 1.54) is 21.8 Å². The first-order valence-electron chi connectivity index (χ1n) is 12.3. The van der Waals surface area contributed by atoms with Crippen LogP contribution in [0, 0.1) is 5.92 Å². The quantitative estimate of drug-likeness (QED) is 0.508. The third kappa shape index (κ3) is 4.27. The summed E-state index contributed by atoms with van der Waals surface area (Å²) in [6.07, 6.45) is 3.43. The molecule has 0 saturated carbocycles. The summed E-state index contributed by atoms with van der Waals surface area (Å²) in [4.78, 5) is 40.8. The summed E-state index contributed by atoms with van der Waals surface area (Å²) in [5.41, 5.74) is 2.51. The molecule has 1 fully saturated rings. The molecule has 1 aromatic heterocycles. The zero-order chi connectivity index (χ0) is 24.5. The van der Waals surface area contributed by atoms with Gasteiger partial charge in [-0.25, -0.2) is 9.59 Å². The molecule has 0 spiro atoms. The predicted molar refractivity (Wildman–Crippen MR) is 133 cm³/mol. The van der Waals surface area contributed by atoms with Crippen molar-refractivity contribution in [2.24, 2.45) is 5.92 Å². The third-order valence-corrected chi connectivity index (χ3v) is 7.47. The third-order valence-electron chi connectivity index (χ3n) is 7.47. The number of nitrogens with zero attached hydrogens (tertiary/aromatic N) is 1. The number of aromatic nitrogens is 2. The summed E-state index contributed by atoms with van der Waals surface area (Å²) in [6, 6.07) is 11.2. The van der Waals surface area contributed by atoms with Crippen molar-refractivity contribution in [2.75, 3.05) is 20.3 Å². The predicted octanol–water partition coefficient (Wildman–Crippen LogP) is 2.97. The largest absolute Gasteiger partial charge is 0.496 e. The molecule has 2 heterocycles. The molecule has 0 bridgehead atoms. The number of esters is 1. The average Bonchev–Trinajstić information content (AvgIpc) is 3.29. The van der Waals surface area contributed by atoms with Crippen LogP contribution in [0.3, 0.4) is 0 Å². The number of nitrogens with one attached hydrogen (secondary N) is 2. The highest BCUT2D eigenvalue weighted by Gasteiger charge is 2.40. The molecule has 1 aliphatic heterocycles. The van der Waals surface area contributed by atoms with Crippen molar-refractivity contribution in [1.29, 1.82) is 0 Å². The Morgan fingerprint density at radius 2 is 2.06 bits per heavy atom. The Labute approximate surface area is 203 Å². The van der Waals surface area contributed by atoms with Gasteiger partial charge < -0.3 is 19.8 Å². The van der Waals surface area contributed by atoms with Gasteiger partial charge >= 0.3 is 11.7 Å². The molecule has 2 aliphatic rings. The number of aromatic amines is 1. The molecular formula is C27H31N3O5. The summed E-state index contributed by atoms with van der Waals surface area (Å²) in [7, 11) is 1.72. The van der Waals surface area contributed by atoms with Gasteiger partial charge in [-0.3, -0.25) is 9.36 Å². The number of carbonyl (C=O) groups excluding carboxylic acids is 1. The van der Waals surface area contributed by atoms with Gasteiger partial charge in [0, 0.05) is 25.0 Å². The smallest absolute Gasteiger partial charge is 0.338 e.